The summed E-state index contributed by atoms with van der Waals surface area (Å²) in [6.45, 7) is 4.54. The predicted octanol–water partition coefficient (Wildman–Crippen LogP) is 6.27. The first kappa shape index (κ1) is 21.0. The molecule has 2 N–H and O–H groups in total. The molecular formula is C23H23BrFNO3. The number of hydrogen-bond donors (Lipinski definition) is 2. The molecule has 0 fully saturated rings. The Labute approximate surface area is 178 Å². The zero-order valence-electron chi connectivity index (χ0n) is 16.3. The number of phenolic OH excluding ortho intramolecular Hbond substituents is 1. The first-order chi connectivity index (χ1) is 13.9. The van der Waals surface area contributed by atoms with Crippen LogP contribution in [0.5, 0.6) is 17.2 Å². The van der Waals surface area contributed by atoms with Crippen molar-refractivity contribution in [2.45, 2.75) is 33.1 Å². The number of phenols is 1. The Morgan fingerprint density at radius 3 is 2.48 bits per heavy atom. The maximum atomic E-state index is 13.9. The molecule has 4 nitrogen and oxygen atoms in total. The molecule has 0 saturated carbocycles. The summed E-state index contributed by atoms with van der Waals surface area (Å²) in [6, 6.07) is 17.3. The molecule has 0 unspecified atom stereocenters. The smallest absolute Gasteiger partial charge is 0.175 e. The second kappa shape index (κ2) is 9.65. The predicted molar refractivity (Wildman–Crippen MR) is 116 cm³/mol. The molecule has 0 amide bonds. The van der Waals surface area contributed by atoms with E-state index in [9.17, 15) is 9.50 Å². The normalized spacial score (nSPS) is 10.8. The first-order valence-corrected chi connectivity index (χ1v) is 10.1. The van der Waals surface area contributed by atoms with Gasteiger partial charge in [-0.3, -0.25) is 0 Å². The minimum Gasteiger partial charge on any atom is -0.508 e. The summed E-state index contributed by atoms with van der Waals surface area (Å²) in [5.41, 5.74) is 2.36. The second-order valence-electron chi connectivity index (χ2n) is 6.85. The fourth-order valence-electron chi connectivity index (χ4n) is 2.75. The highest BCUT2D eigenvalue weighted by atomic mass is 79.9. The van der Waals surface area contributed by atoms with Crippen LogP contribution in [-0.2, 0) is 13.2 Å². The third kappa shape index (κ3) is 5.87. The molecule has 0 radical (unpaired) electrons. The SMILES string of the molecule is CC(C)Oc1cc(CNc2ccc(O)cc2)cc(Br)c1OCc1ccccc1F. The van der Waals surface area contributed by atoms with Crippen molar-refractivity contribution < 1.29 is 19.0 Å². The van der Waals surface area contributed by atoms with Crippen LogP contribution < -0.4 is 14.8 Å². The number of rotatable bonds is 8. The molecule has 3 aromatic rings. The van der Waals surface area contributed by atoms with Gasteiger partial charge in [-0.1, -0.05) is 18.2 Å². The van der Waals surface area contributed by atoms with Crippen molar-refractivity contribution in [3.63, 3.8) is 0 Å². The molecule has 3 aromatic carbocycles. The van der Waals surface area contributed by atoms with Crippen molar-refractivity contribution >= 4 is 21.6 Å². The third-order valence-electron chi connectivity index (χ3n) is 4.13. The van der Waals surface area contributed by atoms with Crippen LogP contribution in [0.15, 0.2) is 65.1 Å². The molecule has 0 saturated heterocycles. The molecule has 152 valence electrons. The van der Waals surface area contributed by atoms with Crippen LogP contribution in [0.2, 0.25) is 0 Å². The lowest BCUT2D eigenvalue weighted by molar-refractivity contribution is 0.216. The molecule has 0 atom stereocenters. The van der Waals surface area contributed by atoms with E-state index in [0.717, 1.165) is 15.7 Å². The maximum Gasteiger partial charge on any atom is 0.175 e. The van der Waals surface area contributed by atoms with Gasteiger partial charge in [-0.15, -0.1) is 0 Å². The average molecular weight is 460 g/mol. The van der Waals surface area contributed by atoms with Gasteiger partial charge in [0.25, 0.3) is 0 Å². The number of benzene rings is 3. The highest BCUT2D eigenvalue weighted by Crippen LogP contribution is 2.38. The van der Waals surface area contributed by atoms with Crippen molar-refractivity contribution in [1.82, 2.24) is 0 Å². The Bertz CT molecular complexity index is 961. The number of halogens is 2. The highest BCUT2D eigenvalue weighted by molar-refractivity contribution is 9.10. The molecule has 0 spiro atoms. The molecule has 0 aliphatic rings. The number of ether oxygens (including phenoxy) is 2. The van der Waals surface area contributed by atoms with E-state index < -0.39 is 0 Å². The monoisotopic (exact) mass is 459 g/mol. The molecule has 0 aliphatic carbocycles. The Kier molecular flexibility index (Phi) is 6.99. The van der Waals surface area contributed by atoms with Gasteiger partial charge in [0.05, 0.1) is 10.6 Å². The van der Waals surface area contributed by atoms with Crippen molar-refractivity contribution in [3.8, 4) is 17.2 Å². The minimum atomic E-state index is -0.301. The topological polar surface area (TPSA) is 50.7 Å². The number of hydrogen-bond acceptors (Lipinski definition) is 4. The van der Waals surface area contributed by atoms with Gasteiger partial charge >= 0.3 is 0 Å². The van der Waals surface area contributed by atoms with E-state index in [2.05, 4.69) is 21.2 Å². The van der Waals surface area contributed by atoms with Crippen LogP contribution in [0.3, 0.4) is 0 Å². The third-order valence-corrected chi connectivity index (χ3v) is 4.71. The highest BCUT2D eigenvalue weighted by Gasteiger charge is 2.15. The molecule has 29 heavy (non-hydrogen) atoms. The summed E-state index contributed by atoms with van der Waals surface area (Å²) in [6.07, 6.45) is -0.0435. The maximum absolute atomic E-state index is 13.9. The summed E-state index contributed by atoms with van der Waals surface area (Å²) in [5, 5.41) is 12.7. The van der Waals surface area contributed by atoms with E-state index in [0.29, 0.717) is 23.6 Å². The fraction of sp³-hybridized carbons (Fsp3) is 0.217. The number of nitrogens with one attached hydrogen (secondary N) is 1. The number of aromatic hydroxyl groups is 1. The van der Waals surface area contributed by atoms with E-state index in [-0.39, 0.29) is 24.3 Å². The van der Waals surface area contributed by atoms with Crippen LogP contribution >= 0.6 is 15.9 Å². The van der Waals surface area contributed by atoms with Gasteiger partial charge in [-0.25, -0.2) is 4.39 Å². The van der Waals surface area contributed by atoms with Gasteiger partial charge in [0.15, 0.2) is 11.5 Å². The first-order valence-electron chi connectivity index (χ1n) is 9.30. The lowest BCUT2D eigenvalue weighted by Crippen LogP contribution is -2.09. The van der Waals surface area contributed by atoms with Crippen molar-refractivity contribution in [1.29, 1.82) is 0 Å². The lowest BCUT2D eigenvalue weighted by atomic mass is 10.2. The Balaban J connectivity index is 1.78. The van der Waals surface area contributed by atoms with E-state index in [4.69, 9.17) is 9.47 Å². The summed E-state index contributed by atoms with van der Waals surface area (Å²) in [4.78, 5) is 0. The number of anilines is 1. The quantitative estimate of drug-likeness (QED) is 0.389. The molecule has 0 aliphatic heterocycles. The summed E-state index contributed by atoms with van der Waals surface area (Å²) < 4.78 is 26.5. The molecule has 0 heterocycles. The van der Waals surface area contributed by atoms with Gasteiger partial charge < -0.3 is 19.9 Å². The van der Waals surface area contributed by atoms with Crippen LogP contribution in [0.25, 0.3) is 0 Å². The Morgan fingerprint density at radius 1 is 1.07 bits per heavy atom. The van der Waals surface area contributed by atoms with E-state index in [1.807, 2.05) is 38.1 Å². The van der Waals surface area contributed by atoms with Crippen molar-refractivity contribution in [2.75, 3.05) is 5.32 Å². The van der Waals surface area contributed by atoms with Gasteiger partial charge in [-0.05, 0) is 77.8 Å². The summed E-state index contributed by atoms with van der Waals surface area (Å²) in [7, 11) is 0. The molecule has 0 aromatic heterocycles. The van der Waals surface area contributed by atoms with Crippen LogP contribution in [-0.4, -0.2) is 11.2 Å². The van der Waals surface area contributed by atoms with E-state index in [1.165, 1.54) is 6.07 Å². The van der Waals surface area contributed by atoms with Crippen LogP contribution in [0, 0.1) is 5.82 Å². The Morgan fingerprint density at radius 2 is 1.79 bits per heavy atom. The van der Waals surface area contributed by atoms with Crippen molar-refractivity contribution in [3.05, 3.63) is 82.1 Å². The summed E-state index contributed by atoms with van der Waals surface area (Å²) >= 11 is 3.56. The van der Waals surface area contributed by atoms with Gasteiger partial charge in [0.1, 0.15) is 18.2 Å². The van der Waals surface area contributed by atoms with Crippen molar-refractivity contribution in [2.24, 2.45) is 0 Å². The summed E-state index contributed by atoms with van der Waals surface area (Å²) in [5.74, 6) is 1.05. The molecular weight excluding hydrogens is 437 g/mol. The standard InChI is InChI=1S/C23H23BrFNO3/c1-15(2)29-22-12-16(13-26-18-7-9-19(27)10-8-18)11-20(24)23(22)28-14-17-5-3-4-6-21(17)25/h3-12,15,26-27H,13-14H2,1-2H3. The molecule has 6 heteroatoms. The minimum absolute atomic E-state index is 0.0435. The van der Waals surface area contributed by atoms with Gasteiger partial charge in [0.2, 0.25) is 0 Å². The lowest BCUT2D eigenvalue weighted by Gasteiger charge is -2.18. The zero-order valence-corrected chi connectivity index (χ0v) is 17.9. The van der Waals surface area contributed by atoms with E-state index in [1.54, 1.807) is 30.3 Å². The second-order valence-corrected chi connectivity index (χ2v) is 7.71. The van der Waals surface area contributed by atoms with Crippen LogP contribution in [0.1, 0.15) is 25.0 Å². The Hall–Kier alpha value is -2.73. The fourth-order valence-corrected chi connectivity index (χ4v) is 3.36. The van der Waals surface area contributed by atoms with Gasteiger partial charge in [0, 0.05) is 17.8 Å². The molecule has 3 rings (SSSR count). The average Bonchev–Trinajstić information content (AvgIpc) is 2.68. The van der Waals surface area contributed by atoms with Crippen LogP contribution in [0.4, 0.5) is 10.1 Å². The molecule has 0 bridgehead atoms. The van der Waals surface area contributed by atoms with Gasteiger partial charge in [-0.2, -0.15) is 0 Å². The largest absolute Gasteiger partial charge is 0.508 e. The van der Waals surface area contributed by atoms with E-state index >= 15 is 0 Å². The zero-order chi connectivity index (χ0) is 20.8.